The number of carbonyl (C=O) groups excluding carboxylic acids is 4. The molecule has 0 saturated heterocycles. The quantitative estimate of drug-likeness (QED) is 0.0488. The maximum atomic E-state index is 13.2. The van der Waals surface area contributed by atoms with Crippen LogP contribution in [0.25, 0.3) is 0 Å². The maximum absolute atomic E-state index is 13.2. The van der Waals surface area contributed by atoms with Crippen molar-refractivity contribution in [1.82, 2.24) is 15.4 Å². The van der Waals surface area contributed by atoms with Crippen molar-refractivity contribution in [2.45, 2.75) is 86.3 Å². The Morgan fingerprint density at radius 3 is 1.21 bits per heavy atom. The molecular weight excluding hydrogens is 994 g/mol. The minimum Gasteiger partial charge on any atom is -0.342 e. The van der Waals surface area contributed by atoms with Gasteiger partial charge in [-0.25, -0.2) is 25.6 Å². The first-order valence-electron chi connectivity index (χ1n) is 22.4. The number of hydrogen-bond acceptors (Lipinski definition) is 9. The largest absolute Gasteiger partial charge is 0.342 e. The van der Waals surface area contributed by atoms with Crippen LogP contribution in [-0.4, -0.2) is 63.4 Å². The number of terminal acetylenes is 2. The second kappa shape index (κ2) is 26.4. The number of benzene rings is 6. The average molecular weight is 1050 g/mol. The monoisotopic (exact) mass is 1050 g/mol. The van der Waals surface area contributed by atoms with Crippen molar-refractivity contribution in [2.75, 3.05) is 0 Å². The summed E-state index contributed by atoms with van der Waals surface area (Å²) in [6, 6.07) is 38.5. The van der Waals surface area contributed by atoms with E-state index in [2.05, 4.69) is 27.2 Å². The predicted octanol–water partition coefficient (Wildman–Crippen LogP) is 7.93. The molecule has 0 radical (unpaired) electrons. The molecule has 5 N–H and O–H groups in total. The lowest BCUT2D eigenvalue weighted by Crippen LogP contribution is -2.43. The number of amides is 2. The third-order valence-electron chi connectivity index (χ3n) is 10.5. The number of sulfonamides is 1. The van der Waals surface area contributed by atoms with Gasteiger partial charge >= 0.3 is 0 Å². The van der Waals surface area contributed by atoms with Crippen LogP contribution >= 0.6 is 10.7 Å². The molecular formula is C56H55ClF2N4O8S2. The second-order valence-electron chi connectivity index (χ2n) is 17.7. The molecule has 0 fully saturated rings. The number of hydrogen-bond donors (Lipinski definition) is 4. The van der Waals surface area contributed by atoms with Crippen molar-refractivity contribution in [3.05, 3.63) is 203 Å². The van der Waals surface area contributed by atoms with Gasteiger partial charge in [0, 0.05) is 34.7 Å². The van der Waals surface area contributed by atoms with Gasteiger partial charge in [-0.15, -0.1) is 12.8 Å². The fourth-order valence-electron chi connectivity index (χ4n) is 6.51. The van der Waals surface area contributed by atoms with Gasteiger partial charge in [0.15, 0.2) is 11.6 Å². The second-order valence-corrected chi connectivity index (χ2v) is 21.9. The van der Waals surface area contributed by atoms with Gasteiger partial charge in [0.05, 0.1) is 33.0 Å². The van der Waals surface area contributed by atoms with Crippen LogP contribution in [0.1, 0.15) is 70.7 Å². The zero-order valence-electron chi connectivity index (χ0n) is 40.4. The van der Waals surface area contributed by atoms with E-state index in [1.54, 1.807) is 39.8 Å². The maximum Gasteiger partial charge on any atom is 0.261 e. The van der Waals surface area contributed by atoms with E-state index in [1.807, 2.05) is 60.7 Å². The lowest BCUT2D eigenvalue weighted by atomic mass is 9.97. The van der Waals surface area contributed by atoms with E-state index in [0.29, 0.717) is 11.1 Å². The molecule has 0 aliphatic rings. The highest BCUT2D eigenvalue weighted by atomic mass is 35.7. The van der Waals surface area contributed by atoms with Gasteiger partial charge in [-0.3, -0.25) is 19.2 Å². The summed E-state index contributed by atoms with van der Waals surface area (Å²) < 4.78 is 76.8. The van der Waals surface area contributed by atoms with Crippen LogP contribution in [0.15, 0.2) is 168 Å². The summed E-state index contributed by atoms with van der Waals surface area (Å²) in [6.07, 6.45) is 10.8. The van der Waals surface area contributed by atoms with Crippen LogP contribution in [0, 0.1) is 36.3 Å². The molecule has 0 aliphatic heterocycles. The molecule has 0 saturated carbocycles. The number of Topliss-reactive ketones (excluding diaryl/α,β-unsaturated/α-hetero) is 2. The molecule has 6 aromatic carbocycles. The molecule has 2 atom stereocenters. The van der Waals surface area contributed by atoms with Gasteiger partial charge < -0.3 is 16.4 Å². The summed E-state index contributed by atoms with van der Waals surface area (Å²) >= 11 is 0. The number of halogens is 3. The standard InChI is InChI=1S/C28H27FN2O4S.C23H19ClFNO4S.C5H9N/c1-4-28(2,3)31-36(34,35)24-16-10-21(11-17-24)19-26(32)25(18-20-8-6-5-7-9-20)30-27(33)22-12-14-23(29)15-13-22;24-31(29,30)20-12-6-17(7-13-20)15-22(27)21(14-16-4-2-1-3-5-16)26-23(28)18-8-10-19(25)11-9-18;1-4-5(2,3)6/h1,5-17,25,31H,18-19H2,2-3H3,(H,30,33);1-13,21H,14-15H2,(H,26,28);1H,6H2,2-3H3/t25-;21-;/m00./s1. The molecule has 73 heavy (non-hydrogen) atoms. The number of rotatable bonds is 18. The number of ketones is 2. The molecule has 0 spiro atoms. The normalized spacial score (nSPS) is 12.1. The van der Waals surface area contributed by atoms with Crippen LogP contribution in [-0.2, 0) is 54.3 Å². The van der Waals surface area contributed by atoms with Gasteiger partial charge in [0.2, 0.25) is 10.0 Å². The topological polar surface area (TPSA) is 199 Å². The third-order valence-corrected chi connectivity index (χ3v) is 13.5. The average Bonchev–Trinajstić information content (AvgIpc) is 3.34. The first kappa shape index (κ1) is 58.3. The van der Waals surface area contributed by atoms with Crippen molar-refractivity contribution in [3.63, 3.8) is 0 Å². The van der Waals surface area contributed by atoms with Crippen LogP contribution in [0.3, 0.4) is 0 Å². The Kier molecular flexibility index (Phi) is 21.1. The van der Waals surface area contributed by atoms with E-state index in [0.717, 1.165) is 11.1 Å². The Morgan fingerprint density at radius 1 is 0.548 bits per heavy atom. The Morgan fingerprint density at radius 2 is 0.890 bits per heavy atom. The van der Waals surface area contributed by atoms with E-state index < -0.39 is 65.7 Å². The number of carbonyl (C=O) groups is 4. The summed E-state index contributed by atoms with van der Waals surface area (Å²) in [5.74, 6) is 2.35. The highest BCUT2D eigenvalue weighted by Crippen LogP contribution is 2.18. The molecule has 6 aromatic rings. The summed E-state index contributed by atoms with van der Waals surface area (Å²) in [6.45, 7) is 6.72. The first-order valence-corrected chi connectivity index (χ1v) is 26.2. The van der Waals surface area contributed by atoms with E-state index in [-0.39, 0.29) is 58.2 Å². The first-order chi connectivity index (χ1) is 34.3. The smallest absolute Gasteiger partial charge is 0.261 e. The summed E-state index contributed by atoms with van der Waals surface area (Å²) in [4.78, 5) is 51.5. The molecule has 0 heterocycles. The van der Waals surface area contributed by atoms with Crippen molar-refractivity contribution in [1.29, 1.82) is 0 Å². The van der Waals surface area contributed by atoms with Crippen molar-refractivity contribution < 1.29 is 44.8 Å². The van der Waals surface area contributed by atoms with E-state index in [4.69, 9.17) is 29.3 Å². The predicted molar refractivity (Wildman–Crippen MR) is 279 cm³/mol. The molecule has 0 bridgehead atoms. The van der Waals surface area contributed by atoms with Crippen LogP contribution in [0.4, 0.5) is 8.78 Å². The minimum atomic E-state index is -3.85. The highest BCUT2D eigenvalue weighted by molar-refractivity contribution is 8.13. The molecule has 0 aromatic heterocycles. The molecule has 380 valence electrons. The molecule has 12 nitrogen and oxygen atoms in total. The molecule has 17 heteroatoms. The fourth-order valence-corrected chi connectivity index (χ4v) is 8.62. The Balaban J connectivity index is 0.000000287. The molecule has 0 unspecified atom stereocenters. The number of nitrogens with two attached hydrogens (primary N) is 1. The number of nitrogens with one attached hydrogen (secondary N) is 3. The van der Waals surface area contributed by atoms with Crippen LogP contribution in [0.5, 0.6) is 0 Å². The lowest BCUT2D eigenvalue weighted by Gasteiger charge is -2.20. The van der Waals surface area contributed by atoms with Gasteiger partial charge in [-0.1, -0.05) is 96.8 Å². The van der Waals surface area contributed by atoms with E-state index in [9.17, 15) is 44.8 Å². The van der Waals surface area contributed by atoms with Gasteiger partial charge in [0.25, 0.3) is 20.9 Å². The van der Waals surface area contributed by atoms with Gasteiger partial charge in [0.1, 0.15) is 11.6 Å². The van der Waals surface area contributed by atoms with Gasteiger partial charge in [-0.2, -0.15) is 4.72 Å². The van der Waals surface area contributed by atoms with E-state index >= 15 is 0 Å². The highest BCUT2D eigenvalue weighted by Gasteiger charge is 2.26. The van der Waals surface area contributed by atoms with E-state index in [1.165, 1.54) is 84.9 Å². The summed E-state index contributed by atoms with van der Waals surface area (Å²) in [5.41, 5.74) is 7.19. The SMILES string of the molecule is C#CC(C)(C)N.C#CC(C)(C)NS(=O)(=O)c1ccc(CC(=O)[C@H](Cc2ccccc2)NC(=O)c2ccc(F)cc2)cc1.O=C(N[C@@H](Cc1ccccc1)C(=O)Cc1ccc(S(=O)(=O)Cl)cc1)c1ccc(F)cc1. The zero-order chi connectivity index (χ0) is 54.0. The summed E-state index contributed by atoms with van der Waals surface area (Å²) in [7, 11) is -2.38. The van der Waals surface area contributed by atoms with Gasteiger partial charge in [-0.05, 0) is 136 Å². The Labute approximate surface area is 430 Å². The van der Waals surface area contributed by atoms with Crippen LogP contribution < -0.4 is 21.1 Å². The molecule has 2 amide bonds. The third kappa shape index (κ3) is 20.0. The minimum absolute atomic E-state index is 0.0101. The van der Waals surface area contributed by atoms with Crippen LogP contribution in [0.2, 0.25) is 0 Å². The lowest BCUT2D eigenvalue weighted by molar-refractivity contribution is -0.121. The van der Waals surface area contributed by atoms with Crippen molar-refractivity contribution in [3.8, 4) is 24.7 Å². The fraction of sp³-hybridized carbons (Fsp3) is 0.214. The zero-order valence-corrected chi connectivity index (χ0v) is 42.8. The molecule has 0 aliphatic carbocycles. The van der Waals surface area contributed by atoms with Crippen molar-refractivity contribution in [2.24, 2.45) is 5.73 Å². The Bertz CT molecular complexity index is 3140. The molecule has 6 rings (SSSR count). The summed E-state index contributed by atoms with van der Waals surface area (Å²) in [5, 5.41) is 5.48. The van der Waals surface area contributed by atoms with Crippen molar-refractivity contribution >= 4 is 53.1 Å². The Hall–Kier alpha value is -7.31.